The van der Waals surface area contributed by atoms with E-state index in [2.05, 4.69) is 83.3 Å². The van der Waals surface area contributed by atoms with Gasteiger partial charge in [-0.05, 0) is 77.8 Å². The van der Waals surface area contributed by atoms with Crippen molar-refractivity contribution in [2.45, 2.75) is 65.9 Å². The monoisotopic (exact) mass is 493 g/mol. The number of aliphatic carboxylic acids is 1. The molecule has 0 aliphatic carbocycles. The maximum atomic E-state index is 12.3. The van der Waals surface area contributed by atoms with Crippen LogP contribution in [-0.4, -0.2) is 23.5 Å². The van der Waals surface area contributed by atoms with Crippen LogP contribution in [0.1, 0.15) is 77.9 Å². The zero-order valence-corrected chi connectivity index (χ0v) is 22.2. The van der Waals surface area contributed by atoms with E-state index in [1.165, 1.54) is 28.0 Å². The molecule has 35 heavy (non-hydrogen) atoms. The summed E-state index contributed by atoms with van der Waals surface area (Å²) in [6.45, 7) is 13.0. The van der Waals surface area contributed by atoms with Gasteiger partial charge in [-0.2, -0.15) is 0 Å². The molecule has 0 fully saturated rings. The summed E-state index contributed by atoms with van der Waals surface area (Å²) in [7, 11) is 0. The average molecular weight is 494 g/mol. The molecular formula is C29H35NO4S. The van der Waals surface area contributed by atoms with Gasteiger partial charge in [0.05, 0.1) is 11.3 Å². The second kappa shape index (κ2) is 11.1. The van der Waals surface area contributed by atoms with Crippen molar-refractivity contribution in [3.63, 3.8) is 0 Å². The predicted molar refractivity (Wildman–Crippen MR) is 143 cm³/mol. The molecule has 0 bridgehead atoms. The van der Waals surface area contributed by atoms with Gasteiger partial charge in [-0.1, -0.05) is 52.0 Å². The van der Waals surface area contributed by atoms with Gasteiger partial charge in [0, 0.05) is 11.4 Å². The molecule has 3 aromatic rings. The van der Waals surface area contributed by atoms with Crippen molar-refractivity contribution >= 4 is 23.2 Å². The fourth-order valence-electron chi connectivity index (χ4n) is 4.11. The first-order valence-corrected chi connectivity index (χ1v) is 12.8. The van der Waals surface area contributed by atoms with Crippen molar-refractivity contribution in [1.82, 2.24) is 5.32 Å². The molecule has 0 aliphatic heterocycles. The lowest BCUT2D eigenvalue weighted by Crippen LogP contribution is -2.25. The molecule has 186 valence electrons. The predicted octanol–water partition coefficient (Wildman–Crippen LogP) is 7.06. The summed E-state index contributed by atoms with van der Waals surface area (Å²) in [5.41, 5.74) is 6.17. The van der Waals surface area contributed by atoms with E-state index in [9.17, 15) is 9.59 Å². The molecular weight excluding hydrogens is 458 g/mol. The summed E-state index contributed by atoms with van der Waals surface area (Å²) in [4.78, 5) is 24.5. The number of aryl methyl sites for hydroxylation is 2. The van der Waals surface area contributed by atoms with Crippen molar-refractivity contribution in [2.75, 3.05) is 6.54 Å². The quantitative estimate of drug-likeness (QED) is 0.334. The van der Waals surface area contributed by atoms with Crippen LogP contribution in [0.5, 0.6) is 5.75 Å². The first-order chi connectivity index (χ1) is 16.5. The first-order valence-electron chi connectivity index (χ1n) is 12.0. The zero-order chi connectivity index (χ0) is 25.8. The summed E-state index contributed by atoms with van der Waals surface area (Å²) in [6, 6.07) is 16.6. The van der Waals surface area contributed by atoms with Crippen molar-refractivity contribution in [3.05, 3.63) is 75.0 Å². The smallest absolute Gasteiger partial charge is 0.305 e. The number of carbonyl (C=O) groups excluding carboxylic acids is 1. The Morgan fingerprint density at radius 2 is 1.66 bits per heavy atom. The number of carbonyl (C=O) groups is 2. The van der Waals surface area contributed by atoms with Crippen LogP contribution in [0.25, 0.3) is 11.1 Å². The summed E-state index contributed by atoms with van der Waals surface area (Å²) in [5, 5.41) is 11.4. The van der Waals surface area contributed by atoms with Gasteiger partial charge < -0.3 is 15.2 Å². The van der Waals surface area contributed by atoms with E-state index in [0.717, 1.165) is 28.2 Å². The minimum atomic E-state index is -0.935. The Morgan fingerprint density at radius 1 is 1.03 bits per heavy atom. The van der Waals surface area contributed by atoms with Gasteiger partial charge in [-0.3, -0.25) is 9.59 Å². The molecule has 1 amide bonds. The molecule has 5 nitrogen and oxygen atoms in total. The van der Waals surface area contributed by atoms with Gasteiger partial charge in [0.1, 0.15) is 11.9 Å². The molecule has 3 rings (SSSR count). The number of benzene rings is 2. The van der Waals surface area contributed by atoms with Crippen LogP contribution >= 0.6 is 11.3 Å². The fraction of sp³-hybridized carbons (Fsp3) is 0.379. The number of carboxylic acid groups (broad SMARTS) is 1. The Balaban J connectivity index is 1.76. The van der Waals surface area contributed by atoms with Gasteiger partial charge >= 0.3 is 5.97 Å². The SMILES string of the molecule is CC[C@@H](Oc1cc(C)c(-c2ccc(C(C)(C)C)cc2)c(C)c1)c1ccc(C(=O)NCCC(=O)O)s1. The third kappa shape index (κ3) is 6.73. The highest BCUT2D eigenvalue weighted by Gasteiger charge is 2.19. The summed E-state index contributed by atoms with van der Waals surface area (Å²) in [6.07, 6.45) is 0.491. The number of carboxylic acids is 1. The molecule has 0 saturated heterocycles. The van der Waals surface area contributed by atoms with Gasteiger partial charge in [-0.15, -0.1) is 11.3 Å². The van der Waals surface area contributed by atoms with E-state index in [1.54, 1.807) is 6.07 Å². The number of hydrogen-bond acceptors (Lipinski definition) is 4. The lowest BCUT2D eigenvalue weighted by atomic mass is 9.85. The molecule has 0 radical (unpaired) electrons. The maximum Gasteiger partial charge on any atom is 0.305 e. The number of amides is 1. The Kier molecular flexibility index (Phi) is 8.39. The van der Waals surface area contributed by atoms with Crippen molar-refractivity contribution < 1.29 is 19.4 Å². The van der Waals surface area contributed by atoms with E-state index >= 15 is 0 Å². The second-order valence-electron chi connectivity index (χ2n) is 9.88. The van der Waals surface area contributed by atoms with Crippen LogP contribution in [-0.2, 0) is 10.2 Å². The van der Waals surface area contributed by atoms with Crippen LogP contribution in [0.4, 0.5) is 0 Å². The van der Waals surface area contributed by atoms with Crippen LogP contribution < -0.4 is 10.1 Å². The van der Waals surface area contributed by atoms with E-state index in [4.69, 9.17) is 9.84 Å². The number of nitrogens with one attached hydrogen (secondary N) is 1. The average Bonchev–Trinajstić information content (AvgIpc) is 3.27. The van der Waals surface area contributed by atoms with E-state index in [-0.39, 0.29) is 30.4 Å². The topological polar surface area (TPSA) is 75.6 Å². The van der Waals surface area contributed by atoms with Gasteiger partial charge in [0.25, 0.3) is 5.91 Å². The highest BCUT2D eigenvalue weighted by Crippen LogP contribution is 2.36. The number of rotatable bonds is 9. The zero-order valence-electron chi connectivity index (χ0n) is 21.4. The summed E-state index contributed by atoms with van der Waals surface area (Å²) in [5.74, 6) is -0.385. The third-order valence-electron chi connectivity index (χ3n) is 5.99. The third-order valence-corrected chi connectivity index (χ3v) is 7.16. The van der Waals surface area contributed by atoms with Crippen LogP contribution in [0.3, 0.4) is 0 Å². The standard InChI is InChI=1S/C29H35NO4S/c1-7-23(24-12-13-25(35-24)28(33)30-15-14-26(31)32)34-22-16-18(2)27(19(3)17-22)20-8-10-21(11-9-20)29(4,5)6/h8-13,16-17,23H,7,14-15H2,1-6H3,(H,30,33)(H,31,32)/t23-/m1/s1. The number of hydrogen-bond donors (Lipinski definition) is 2. The lowest BCUT2D eigenvalue weighted by molar-refractivity contribution is -0.136. The molecule has 1 atom stereocenters. The molecule has 1 heterocycles. The molecule has 0 spiro atoms. The molecule has 0 saturated carbocycles. The van der Waals surface area contributed by atoms with Crippen molar-refractivity contribution in [2.24, 2.45) is 0 Å². The van der Waals surface area contributed by atoms with Crippen LogP contribution in [0, 0.1) is 13.8 Å². The molecule has 1 aromatic heterocycles. The Morgan fingerprint density at radius 3 is 2.20 bits per heavy atom. The Hall–Kier alpha value is -3.12. The first kappa shape index (κ1) is 26.5. The van der Waals surface area contributed by atoms with E-state index in [1.807, 2.05) is 6.07 Å². The largest absolute Gasteiger partial charge is 0.485 e. The van der Waals surface area contributed by atoms with E-state index < -0.39 is 5.97 Å². The normalized spacial score (nSPS) is 12.3. The minimum absolute atomic E-state index is 0.0971. The fourth-order valence-corrected chi connectivity index (χ4v) is 5.15. The molecule has 0 unspecified atom stereocenters. The highest BCUT2D eigenvalue weighted by molar-refractivity contribution is 7.14. The highest BCUT2D eigenvalue weighted by atomic mass is 32.1. The minimum Gasteiger partial charge on any atom is -0.485 e. The Labute approximate surface area is 212 Å². The molecule has 2 N–H and O–H groups in total. The maximum absolute atomic E-state index is 12.3. The van der Waals surface area contributed by atoms with E-state index in [0.29, 0.717) is 4.88 Å². The van der Waals surface area contributed by atoms with Crippen LogP contribution in [0.2, 0.25) is 0 Å². The summed E-state index contributed by atoms with van der Waals surface area (Å²) >= 11 is 1.38. The van der Waals surface area contributed by atoms with Gasteiger partial charge in [0.2, 0.25) is 0 Å². The molecule has 0 aliphatic rings. The van der Waals surface area contributed by atoms with Gasteiger partial charge in [-0.25, -0.2) is 0 Å². The molecule has 2 aromatic carbocycles. The van der Waals surface area contributed by atoms with Gasteiger partial charge in [0.15, 0.2) is 0 Å². The van der Waals surface area contributed by atoms with Crippen molar-refractivity contribution in [1.29, 1.82) is 0 Å². The second-order valence-corrected chi connectivity index (χ2v) is 11.0. The number of ether oxygens (including phenoxy) is 1. The lowest BCUT2D eigenvalue weighted by Gasteiger charge is -2.21. The van der Waals surface area contributed by atoms with Crippen molar-refractivity contribution in [3.8, 4) is 16.9 Å². The van der Waals surface area contributed by atoms with Crippen LogP contribution in [0.15, 0.2) is 48.5 Å². The Bertz CT molecular complexity index is 1170. The summed E-state index contributed by atoms with van der Waals surface area (Å²) < 4.78 is 6.37. The molecule has 6 heteroatoms. The number of thiophene rings is 1.